The molecule has 0 bridgehead atoms. The number of ether oxygens (including phenoxy) is 1. The van der Waals surface area contributed by atoms with Gasteiger partial charge in [-0.2, -0.15) is 0 Å². The Kier molecular flexibility index (Phi) is 3.96. The van der Waals surface area contributed by atoms with Crippen LogP contribution in [0.2, 0.25) is 0 Å². The van der Waals surface area contributed by atoms with Crippen molar-refractivity contribution in [2.75, 3.05) is 6.61 Å². The molecule has 18 heavy (non-hydrogen) atoms. The summed E-state index contributed by atoms with van der Waals surface area (Å²) < 4.78 is 5.32. The smallest absolute Gasteiger partial charge is 0.148 e. The Balaban J connectivity index is 2.11. The summed E-state index contributed by atoms with van der Waals surface area (Å²) in [6, 6.07) is 7.74. The van der Waals surface area contributed by atoms with Gasteiger partial charge in [0.05, 0.1) is 5.38 Å². The van der Waals surface area contributed by atoms with Gasteiger partial charge in [-0.3, -0.25) is 0 Å². The zero-order valence-electron chi connectivity index (χ0n) is 9.95. The van der Waals surface area contributed by atoms with Gasteiger partial charge in [-0.15, -0.1) is 18.0 Å². The van der Waals surface area contributed by atoms with Gasteiger partial charge in [-0.05, 0) is 36.2 Å². The first-order valence-corrected chi connectivity index (χ1v) is 6.11. The maximum Gasteiger partial charge on any atom is 0.148 e. The van der Waals surface area contributed by atoms with Crippen LogP contribution in [-0.2, 0) is 0 Å². The summed E-state index contributed by atoms with van der Waals surface area (Å²) in [7, 11) is 0. The van der Waals surface area contributed by atoms with E-state index in [1.807, 2.05) is 24.3 Å². The molecular formula is C15H14ClNO. The van der Waals surface area contributed by atoms with Gasteiger partial charge in [0.25, 0.3) is 0 Å². The monoisotopic (exact) mass is 259 g/mol. The number of rotatable bonds is 3. The van der Waals surface area contributed by atoms with Gasteiger partial charge in [0, 0.05) is 11.4 Å². The molecule has 0 saturated carbocycles. The first kappa shape index (κ1) is 12.6. The zero-order valence-corrected chi connectivity index (χ0v) is 10.7. The van der Waals surface area contributed by atoms with Gasteiger partial charge in [0.2, 0.25) is 0 Å². The van der Waals surface area contributed by atoms with E-state index in [2.05, 4.69) is 23.9 Å². The molecular weight excluding hydrogens is 246 g/mol. The summed E-state index contributed by atoms with van der Waals surface area (Å²) in [5.41, 5.74) is 2.94. The lowest BCUT2D eigenvalue weighted by molar-refractivity contribution is 0.370. The standard InChI is InChI=1S/C15H14ClNO/c1-3-10-18-13-6-4-12(5-7-13)15-9-8-14(16)11(2)17-15/h1,4-7,9,14,17H,2,8,10H2. The maximum absolute atomic E-state index is 6.06. The molecule has 0 fully saturated rings. The summed E-state index contributed by atoms with van der Waals surface area (Å²) in [6.45, 7) is 4.18. The van der Waals surface area contributed by atoms with Crippen LogP contribution in [0.3, 0.4) is 0 Å². The second-order valence-corrected chi connectivity index (χ2v) is 4.52. The van der Waals surface area contributed by atoms with E-state index in [9.17, 15) is 0 Å². The average Bonchev–Trinajstić information content (AvgIpc) is 2.40. The second-order valence-electron chi connectivity index (χ2n) is 3.99. The predicted octanol–water partition coefficient (Wildman–Crippen LogP) is 3.15. The van der Waals surface area contributed by atoms with Crippen LogP contribution in [0.25, 0.3) is 5.70 Å². The van der Waals surface area contributed by atoms with Crippen LogP contribution >= 0.6 is 11.6 Å². The third-order valence-electron chi connectivity index (χ3n) is 2.69. The number of allylic oxidation sites excluding steroid dienone is 2. The molecule has 1 aliphatic rings. The van der Waals surface area contributed by atoms with E-state index >= 15 is 0 Å². The Bertz CT molecular complexity index is 510. The van der Waals surface area contributed by atoms with E-state index in [0.717, 1.165) is 29.1 Å². The molecule has 1 aromatic carbocycles. The number of benzene rings is 1. The van der Waals surface area contributed by atoms with Crippen molar-refractivity contribution in [2.45, 2.75) is 11.8 Å². The Labute approximate surface area is 112 Å². The molecule has 1 atom stereocenters. The minimum Gasteiger partial charge on any atom is -0.481 e. The summed E-state index contributed by atoms with van der Waals surface area (Å²) in [6.07, 6.45) is 8.00. The first-order chi connectivity index (χ1) is 8.70. The summed E-state index contributed by atoms with van der Waals surface area (Å²) >= 11 is 6.06. The van der Waals surface area contributed by atoms with Crippen LogP contribution < -0.4 is 10.1 Å². The number of alkyl halides is 1. The predicted molar refractivity (Wildman–Crippen MR) is 75.3 cm³/mol. The summed E-state index contributed by atoms with van der Waals surface area (Å²) in [4.78, 5) is 0. The third-order valence-corrected chi connectivity index (χ3v) is 3.13. The fourth-order valence-corrected chi connectivity index (χ4v) is 1.86. The Hall–Kier alpha value is -1.85. The van der Waals surface area contributed by atoms with Crippen molar-refractivity contribution in [3.63, 3.8) is 0 Å². The number of hydrogen-bond donors (Lipinski definition) is 1. The average molecular weight is 260 g/mol. The van der Waals surface area contributed by atoms with Gasteiger partial charge in [0.15, 0.2) is 0 Å². The Morgan fingerprint density at radius 3 is 2.78 bits per heavy atom. The van der Waals surface area contributed by atoms with Crippen LogP contribution in [-0.4, -0.2) is 12.0 Å². The molecule has 2 nitrogen and oxygen atoms in total. The third kappa shape index (κ3) is 2.88. The quantitative estimate of drug-likeness (QED) is 0.665. The topological polar surface area (TPSA) is 21.3 Å². The highest BCUT2D eigenvalue weighted by Gasteiger charge is 2.15. The van der Waals surface area contributed by atoms with E-state index in [1.54, 1.807) is 0 Å². The summed E-state index contributed by atoms with van der Waals surface area (Å²) in [5, 5.41) is 3.17. The number of nitrogens with one attached hydrogen (secondary N) is 1. The lowest BCUT2D eigenvalue weighted by atomic mass is 10.1. The first-order valence-electron chi connectivity index (χ1n) is 5.67. The second kappa shape index (κ2) is 5.66. The molecule has 0 amide bonds. The normalized spacial score (nSPS) is 18.6. The van der Waals surface area contributed by atoms with Crippen molar-refractivity contribution >= 4 is 17.3 Å². The maximum atomic E-state index is 6.06. The molecule has 0 saturated heterocycles. The fourth-order valence-electron chi connectivity index (χ4n) is 1.71. The highest BCUT2D eigenvalue weighted by Crippen LogP contribution is 2.25. The van der Waals surface area contributed by atoms with Crippen molar-refractivity contribution in [2.24, 2.45) is 0 Å². The van der Waals surface area contributed by atoms with Crippen molar-refractivity contribution in [1.29, 1.82) is 0 Å². The van der Waals surface area contributed by atoms with Gasteiger partial charge in [-0.1, -0.05) is 18.6 Å². The molecule has 3 heteroatoms. The van der Waals surface area contributed by atoms with Gasteiger partial charge < -0.3 is 10.1 Å². The zero-order chi connectivity index (χ0) is 13.0. The molecule has 1 aromatic rings. The SMILES string of the molecule is C#CCOc1ccc(C2=CCC(Cl)C(=C)N2)cc1. The minimum absolute atomic E-state index is 0.0352. The highest BCUT2D eigenvalue weighted by atomic mass is 35.5. The lowest BCUT2D eigenvalue weighted by Gasteiger charge is -2.22. The Morgan fingerprint density at radius 2 is 2.17 bits per heavy atom. The molecule has 2 rings (SSSR count). The van der Waals surface area contributed by atoms with Crippen molar-refractivity contribution < 1.29 is 4.74 Å². The number of terminal acetylenes is 1. The van der Waals surface area contributed by atoms with Crippen LogP contribution in [0.15, 0.2) is 42.6 Å². The van der Waals surface area contributed by atoms with Crippen LogP contribution in [0.5, 0.6) is 5.75 Å². The Morgan fingerprint density at radius 1 is 1.44 bits per heavy atom. The van der Waals surface area contributed by atoms with Gasteiger partial charge in [-0.25, -0.2) is 0 Å². The molecule has 92 valence electrons. The van der Waals surface area contributed by atoms with E-state index < -0.39 is 0 Å². The molecule has 1 unspecified atom stereocenters. The van der Waals surface area contributed by atoms with E-state index in [4.69, 9.17) is 22.8 Å². The van der Waals surface area contributed by atoms with Crippen LogP contribution in [0, 0.1) is 12.3 Å². The molecule has 0 aliphatic carbocycles. The van der Waals surface area contributed by atoms with Gasteiger partial charge in [0.1, 0.15) is 12.4 Å². The fraction of sp³-hybridized carbons (Fsp3) is 0.200. The number of hydrogen-bond acceptors (Lipinski definition) is 2. The van der Waals surface area contributed by atoms with E-state index in [-0.39, 0.29) is 12.0 Å². The summed E-state index contributed by atoms with van der Waals surface area (Å²) in [5.74, 6) is 3.20. The van der Waals surface area contributed by atoms with Crippen LogP contribution in [0.1, 0.15) is 12.0 Å². The van der Waals surface area contributed by atoms with Crippen molar-refractivity contribution in [1.82, 2.24) is 5.32 Å². The molecule has 0 aromatic heterocycles. The minimum atomic E-state index is -0.0352. The molecule has 0 spiro atoms. The lowest BCUT2D eigenvalue weighted by Crippen LogP contribution is -2.22. The van der Waals surface area contributed by atoms with Crippen molar-refractivity contribution in [3.8, 4) is 18.1 Å². The highest BCUT2D eigenvalue weighted by molar-refractivity contribution is 6.22. The van der Waals surface area contributed by atoms with Gasteiger partial charge >= 0.3 is 0 Å². The molecule has 0 radical (unpaired) electrons. The molecule has 1 aliphatic heterocycles. The van der Waals surface area contributed by atoms with Crippen LogP contribution in [0.4, 0.5) is 0 Å². The van der Waals surface area contributed by atoms with E-state index in [0.29, 0.717) is 0 Å². The van der Waals surface area contributed by atoms with Crippen molar-refractivity contribution in [3.05, 3.63) is 48.2 Å². The van der Waals surface area contributed by atoms with E-state index in [1.165, 1.54) is 0 Å². The largest absolute Gasteiger partial charge is 0.481 e. The number of halogens is 1. The molecule has 1 heterocycles. The molecule has 1 N–H and O–H groups in total.